The quantitative estimate of drug-likeness (QED) is 0.269. The smallest absolute Gasteiger partial charge is 0.193 e. The van der Waals surface area contributed by atoms with Crippen LogP contribution in [0.25, 0.3) is 22.2 Å². The van der Waals surface area contributed by atoms with Crippen molar-refractivity contribution in [1.82, 2.24) is 4.57 Å². The molecule has 0 atom stereocenters. The summed E-state index contributed by atoms with van der Waals surface area (Å²) in [5.74, 6) is 0.0518. The van der Waals surface area contributed by atoms with Gasteiger partial charge in [0, 0.05) is 34.6 Å². The summed E-state index contributed by atoms with van der Waals surface area (Å²) in [7, 11) is 0. The van der Waals surface area contributed by atoms with Crippen LogP contribution in [0, 0.1) is 6.07 Å². The summed E-state index contributed by atoms with van der Waals surface area (Å²) < 4.78 is 2.34. The summed E-state index contributed by atoms with van der Waals surface area (Å²) in [6.07, 6.45) is 3.54. The predicted octanol–water partition coefficient (Wildman–Crippen LogP) is 6.53. The van der Waals surface area contributed by atoms with Crippen molar-refractivity contribution in [2.75, 3.05) is 0 Å². The zero-order valence-corrected chi connectivity index (χ0v) is 16.2. The number of fused-ring (bicyclic) bond motifs is 1. The topological polar surface area (TPSA) is 22.0 Å². The zero-order chi connectivity index (χ0) is 19.3. The molecule has 0 unspecified atom stereocenters. The summed E-state index contributed by atoms with van der Waals surface area (Å²) in [5.41, 5.74) is 4.81. The van der Waals surface area contributed by atoms with Crippen molar-refractivity contribution in [3.63, 3.8) is 0 Å². The number of aryl methyl sites for hydroxylation is 1. The molecular formula is C26H24NO. The van der Waals surface area contributed by atoms with Crippen molar-refractivity contribution in [3.8, 4) is 11.3 Å². The molecule has 3 aromatic carbocycles. The lowest BCUT2D eigenvalue weighted by Crippen LogP contribution is -2.02. The fourth-order valence-electron chi connectivity index (χ4n) is 3.66. The third-order valence-corrected chi connectivity index (χ3v) is 5.14. The Morgan fingerprint density at radius 2 is 1.57 bits per heavy atom. The van der Waals surface area contributed by atoms with E-state index in [0.29, 0.717) is 11.1 Å². The highest BCUT2D eigenvalue weighted by Gasteiger charge is 2.14. The number of ketones is 1. The minimum atomic E-state index is 0.0518. The largest absolute Gasteiger partial charge is 0.340 e. The molecule has 0 aliphatic carbocycles. The fraction of sp³-hybridized carbons (Fsp3) is 0.192. The molecule has 0 aliphatic heterocycles. The average Bonchev–Trinajstić information content (AvgIpc) is 3.12. The van der Waals surface area contributed by atoms with Crippen molar-refractivity contribution < 1.29 is 4.79 Å². The Balaban J connectivity index is 1.78. The van der Waals surface area contributed by atoms with E-state index >= 15 is 0 Å². The first kappa shape index (κ1) is 18.2. The maximum Gasteiger partial charge on any atom is 0.193 e. The number of hydrogen-bond donors (Lipinski definition) is 0. The van der Waals surface area contributed by atoms with Crippen molar-refractivity contribution in [2.24, 2.45) is 0 Å². The predicted molar refractivity (Wildman–Crippen MR) is 116 cm³/mol. The third kappa shape index (κ3) is 3.63. The molecule has 0 amide bonds. The van der Waals surface area contributed by atoms with Gasteiger partial charge >= 0.3 is 0 Å². The van der Waals surface area contributed by atoms with Gasteiger partial charge in [0.25, 0.3) is 0 Å². The lowest BCUT2D eigenvalue weighted by molar-refractivity contribution is 0.103. The Morgan fingerprint density at radius 1 is 0.857 bits per heavy atom. The molecule has 139 valence electrons. The van der Waals surface area contributed by atoms with Gasteiger partial charge in [0.15, 0.2) is 5.78 Å². The Morgan fingerprint density at radius 3 is 2.29 bits per heavy atom. The van der Waals surface area contributed by atoms with Crippen LogP contribution in [0.15, 0.2) is 78.9 Å². The van der Waals surface area contributed by atoms with Gasteiger partial charge in [0.1, 0.15) is 0 Å². The lowest BCUT2D eigenvalue weighted by atomic mass is 10.0. The van der Waals surface area contributed by atoms with Gasteiger partial charge in [0.2, 0.25) is 0 Å². The Hall–Kier alpha value is -3.13. The van der Waals surface area contributed by atoms with Crippen LogP contribution in [0.5, 0.6) is 0 Å². The highest BCUT2D eigenvalue weighted by atomic mass is 16.1. The van der Waals surface area contributed by atoms with Crippen LogP contribution in [-0.4, -0.2) is 10.4 Å². The number of hydrogen-bond acceptors (Lipinski definition) is 1. The summed E-state index contributed by atoms with van der Waals surface area (Å²) in [4.78, 5) is 12.8. The molecule has 0 spiro atoms. The van der Waals surface area contributed by atoms with Gasteiger partial charge in [0.05, 0.1) is 5.69 Å². The number of carbonyl (C=O) groups excluding carboxylic acids is 1. The molecule has 4 aromatic rings. The SMILES string of the molecule is CCCCCn1c(-c2ccccc2)[c]c2cc(C(=O)c3ccccc3)ccc21. The van der Waals surface area contributed by atoms with E-state index in [4.69, 9.17) is 0 Å². The first-order valence-corrected chi connectivity index (χ1v) is 9.98. The van der Waals surface area contributed by atoms with Crippen LogP contribution in [0.2, 0.25) is 0 Å². The molecule has 1 aromatic heterocycles. The number of rotatable bonds is 7. The Labute approximate surface area is 166 Å². The molecule has 0 N–H and O–H groups in total. The molecule has 0 bridgehead atoms. The van der Waals surface area contributed by atoms with Gasteiger partial charge in [-0.25, -0.2) is 0 Å². The maximum absolute atomic E-state index is 12.8. The normalized spacial score (nSPS) is 11.0. The summed E-state index contributed by atoms with van der Waals surface area (Å²) in [5, 5.41) is 0.997. The van der Waals surface area contributed by atoms with Crippen LogP contribution in [0.1, 0.15) is 42.1 Å². The third-order valence-electron chi connectivity index (χ3n) is 5.14. The van der Waals surface area contributed by atoms with Crippen molar-refractivity contribution in [2.45, 2.75) is 32.7 Å². The van der Waals surface area contributed by atoms with E-state index in [2.05, 4.69) is 47.9 Å². The van der Waals surface area contributed by atoms with E-state index in [1.807, 2.05) is 48.5 Å². The first-order chi connectivity index (χ1) is 13.8. The van der Waals surface area contributed by atoms with Gasteiger partial charge in [-0.1, -0.05) is 80.4 Å². The standard InChI is InChI=1S/C26H24NO/c1-2-3-10-17-27-24-16-15-22(26(28)21-13-8-5-9-14-21)18-23(24)19-25(27)20-11-6-4-7-12-20/h4-9,11-16,18H,2-3,10,17H2,1H3. The molecule has 1 heterocycles. The number of benzene rings is 3. The fourth-order valence-corrected chi connectivity index (χ4v) is 3.66. The lowest BCUT2D eigenvalue weighted by Gasteiger charge is -2.11. The van der Waals surface area contributed by atoms with E-state index in [1.54, 1.807) is 0 Å². The molecule has 1 radical (unpaired) electrons. The molecular weight excluding hydrogens is 342 g/mol. The maximum atomic E-state index is 12.8. The Bertz CT molecular complexity index is 1080. The van der Waals surface area contributed by atoms with Crippen molar-refractivity contribution in [1.29, 1.82) is 0 Å². The van der Waals surface area contributed by atoms with E-state index < -0.39 is 0 Å². The van der Waals surface area contributed by atoms with E-state index in [9.17, 15) is 4.79 Å². The number of carbonyl (C=O) groups is 1. The minimum Gasteiger partial charge on any atom is -0.340 e. The van der Waals surface area contributed by atoms with Crippen molar-refractivity contribution >= 4 is 16.7 Å². The second-order valence-electron chi connectivity index (χ2n) is 7.13. The van der Waals surface area contributed by atoms with Gasteiger partial charge in [-0.3, -0.25) is 4.79 Å². The highest BCUT2D eigenvalue weighted by Crippen LogP contribution is 2.29. The number of nitrogens with zero attached hydrogens (tertiary/aromatic N) is 1. The van der Waals surface area contributed by atoms with Gasteiger partial charge in [-0.05, 0) is 30.2 Å². The molecule has 0 saturated heterocycles. The van der Waals surface area contributed by atoms with E-state index in [0.717, 1.165) is 35.1 Å². The average molecular weight is 366 g/mol. The van der Waals surface area contributed by atoms with Crippen molar-refractivity contribution in [3.05, 3.63) is 96.1 Å². The molecule has 4 rings (SSSR count). The molecule has 28 heavy (non-hydrogen) atoms. The summed E-state index contributed by atoms with van der Waals surface area (Å²) in [6, 6.07) is 29.4. The monoisotopic (exact) mass is 366 g/mol. The van der Waals surface area contributed by atoms with Crippen LogP contribution >= 0.6 is 0 Å². The van der Waals surface area contributed by atoms with Gasteiger partial charge in [-0.15, -0.1) is 0 Å². The molecule has 0 fully saturated rings. The van der Waals surface area contributed by atoms with Crippen LogP contribution in [0.4, 0.5) is 0 Å². The molecule has 0 aliphatic rings. The first-order valence-electron chi connectivity index (χ1n) is 9.98. The molecule has 2 heteroatoms. The number of unbranched alkanes of at least 4 members (excludes halogenated alkanes) is 2. The van der Waals surface area contributed by atoms with E-state index in [1.165, 1.54) is 12.8 Å². The van der Waals surface area contributed by atoms with Gasteiger partial charge < -0.3 is 4.57 Å². The van der Waals surface area contributed by atoms with Crippen LogP contribution < -0.4 is 0 Å². The summed E-state index contributed by atoms with van der Waals surface area (Å²) >= 11 is 0. The zero-order valence-electron chi connectivity index (χ0n) is 16.2. The highest BCUT2D eigenvalue weighted by molar-refractivity contribution is 6.10. The second-order valence-corrected chi connectivity index (χ2v) is 7.13. The summed E-state index contributed by atoms with van der Waals surface area (Å²) in [6.45, 7) is 3.18. The number of aromatic nitrogens is 1. The Kier molecular flexibility index (Phi) is 5.38. The van der Waals surface area contributed by atoms with Crippen LogP contribution in [0.3, 0.4) is 0 Å². The van der Waals surface area contributed by atoms with Gasteiger partial charge in [-0.2, -0.15) is 0 Å². The van der Waals surface area contributed by atoms with E-state index in [-0.39, 0.29) is 5.78 Å². The molecule has 2 nitrogen and oxygen atoms in total. The van der Waals surface area contributed by atoms with Crippen LogP contribution in [-0.2, 0) is 6.54 Å². The molecule has 0 saturated carbocycles. The minimum absolute atomic E-state index is 0.0518. The second kappa shape index (κ2) is 8.26.